The van der Waals surface area contributed by atoms with Crippen LogP contribution in [0.4, 0.5) is 13.2 Å². The van der Waals surface area contributed by atoms with Gasteiger partial charge < -0.3 is 15.0 Å². The Balaban J connectivity index is 1.78. The Hall–Kier alpha value is -3.29. The van der Waals surface area contributed by atoms with Gasteiger partial charge in [-0.25, -0.2) is 0 Å². The molecule has 1 heterocycles. The van der Waals surface area contributed by atoms with E-state index in [2.05, 4.69) is 5.32 Å². The Morgan fingerprint density at radius 3 is 2.67 bits per heavy atom. The number of hydrogen-bond donors (Lipinski definition) is 1. The second kappa shape index (κ2) is 11.0. The third-order valence-electron chi connectivity index (χ3n) is 5.35. The summed E-state index contributed by atoms with van der Waals surface area (Å²) in [6, 6.07) is 10.4. The number of hydrogen-bond acceptors (Lipinski definition) is 3. The number of carbonyl (C=O) groups is 2. The van der Waals surface area contributed by atoms with Crippen LogP contribution in [-0.4, -0.2) is 43.0 Å². The maximum atomic E-state index is 13.8. The van der Waals surface area contributed by atoms with E-state index in [1.807, 2.05) is 0 Å². The van der Waals surface area contributed by atoms with Gasteiger partial charge in [-0.15, -0.1) is 0 Å². The second-order valence-electron chi connectivity index (χ2n) is 7.66. The molecule has 1 aliphatic heterocycles. The number of amides is 2. The van der Waals surface area contributed by atoms with Crippen molar-refractivity contribution in [3.8, 4) is 16.9 Å². The molecular weight excluding hydrogens is 433 g/mol. The van der Waals surface area contributed by atoms with Gasteiger partial charge in [-0.1, -0.05) is 30.3 Å². The first kappa shape index (κ1) is 24.4. The van der Waals surface area contributed by atoms with E-state index in [4.69, 9.17) is 4.74 Å². The summed E-state index contributed by atoms with van der Waals surface area (Å²) in [7, 11) is 0. The number of rotatable bonds is 9. The highest BCUT2D eigenvalue weighted by Crippen LogP contribution is 2.42. The van der Waals surface area contributed by atoms with E-state index in [0.717, 1.165) is 19.0 Å². The molecule has 1 N–H and O–H groups in total. The van der Waals surface area contributed by atoms with E-state index in [-0.39, 0.29) is 17.0 Å². The number of likely N-dealkylation sites (tertiary alicyclic amines) is 1. The molecular formula is C25H27F3N2O3. The Morgan fingerprint density at radius 2 is 1.97 bits per heavy atom. The quantitative estimate of drug-likeness (QED) is 0.427. The molecule has 1 fully saturated rings. The van der Waals surface area contributed by atoms with Gasteiger partial charge >= 0.3 is 6.18 Å². The minimum absolute atomic E-state index is 0.0364. The molecule has 33 heavy (non-hydrogen) atoms. The first-order chi connectivity index (χ1) is 15.8. The van der Waals surface area contributed by atoms with Crippen molar-refractivity contribution in [2.45, 2.75) is 32.4 Å². The van der Waals surface area contributed by atoms with Crippen molar-refractivity contribution < 1.29 is 27.5 Å². The summed E-state index contributed by atoms with van der Waals surface area (Å²) in [5, 5.41) is 2.72. The molecule has 5 nitrogen and oxygen atoms in total. The third kappa shape index (κ3) is 6.37. The summed E-state index contributed by atoms with van der Waals surface area (Å²) in [6.07, 6.45) is 0.0755. The zero-order chi connectivity index (χ0) is 23.8. The zero-order valence-electron chi connectivity index (χ0n) is 18.5. The summed E-state index contributed by atoms with van der Waals surface area (Å²) >= 11 is 0. The smallest absolute Gasteiger partial charge is 0.417 e. The van der Waals surface area contributed by atoms with Crippen LogP contribution in [-0.2, 0) is 15.8 Å². The van der Waals surface area contributed by atoms with Gasteiger partial charge in [0, 0.05) is 43.3 Å². The van der Waals surface area contributed by atoms with Crippen molar-refractivity contribution in [2.75, 3.05) is 26.2 Å². The van der Waals surface area contributed by atoms with Gasteiger partial charge in [0.2, 0.25) is 11.8 Å². The summed E-state index contributed by atoms with van der Waals surface area (Å²) in [5.41, 5.74) is -0.268. The van der Waals surface area contributed by atoms with Crippen LogP contribution in [0.25, 0.3) is 17.2 Å². The van der Waals surface area contributed by atoms with Crippen molar-refractivity contribution in [1.82, 2.24) is 10.2 Å². The fourth-order valence-corrected chi connectivity index (χ4v) is 3.85. The monoisotopic (exact) mass is 460 g/mol. The molecule has 0 spiro atoms. The fourth-order valence-electron chi connectivity index (χ4n) is 3.85. The summed E-state index contributed by atoms with van der Waals surface area (Å²) < 4.78 is 47.0. The van der Waals surface area contributed by atoms with Crippen molar-refractivity contribution in [3.05, 3.63) is 59.7 Å². The molecule has 0 aliphatic carbocycles. The number of nitrogens with zero attached hydrogens (tertiary/aromatic N) is 1. The number of carbonyl (C=O) groups excluding carboxylic acids is 2. The summed E-state index contributed by atoms with van der Waals surface area (Å²) in [6.45, 7) is 3.76. The normalized spacial score (nSPS) is 14.2. The predicted molar refractivity (Wildman–Crippen MR) is 121 cm³/mol. The molecule has 8 heteroatoms. The largest absolute Gasteiger partial charge is 0.493 e. The molecule has 0 bridgehead atoms. The van der Waals surface area contributed by atoms with Crippen LogP contribution >= 0.6 is 0 Å². The second-order valence-corrected chi connectivity index (χ2v) is 7.66. The van der Waals surface area contributed by atoms with Gasteiger partial charge in [0.05, 0.1) is 12.2 Å². The topological polar surface area (TPSA) is 58.6 Å². The van der Waals surface area contributed by atoms with Crippen LogP contribution in [0.2, 0.25) is 0 Å². The maximum absolute atomic E-state index is 13.8. The Labute approximate surface area is 191 Å². The molecule has 2 aromatic rings. The Bertz CT molecular complexity index is 1020. The minimum Gasteiger partial charge on any atom is -0.493 e. The lowest BCUT2D eigenvalue weighted by molar-refractivity contribution is -0.137. The number of ether oxygens (including phenoxy) is 1. The van der Waals surface area contributed by atoms with E-state index in [0.29, 0.717) is 43.9 Å². The lowest BCUT2D eigenvalue weighted by atomic mass is 9.93. The van der Waals surface area contributed by atoms with E-state index in [1.54, 1.807) is 36.1 Å². The van der Waals surface area contributed by atoms with Gasteiger partial charge in [-0.2, -0.15) is 13.2 Å². The molecule has 2 amide bonds. The third-order valence-corrected chi connectivity index (χ3v) is 5.35. The van der Waals surface area contributed by atoms with Crippen molar-refractivity contribution in [2.24, 2.45) is 0 Å². The van der Waals surface area contributed by atoms with Gasteiger partial charge in [-0.3, -0.25) is 9.59 Å². The van der Waals surface area contributed by atoms with E-state index < -0.39 is 17.6 Å². The van der Waals surface area contributed by atoms with Gasteiger partial charge in [0.25, 0.3) is 0 Å². The molecule has 3 rings (SSSR count). The predicted octanol–water partition coefficient (Wildman–Crippen LogP) is 4.91. The Kier molecular flexibility index (Phi) is 8.14. The van der Waals surface area contributed by atoms with Gasteiger partial charge in [0.15, 0.2) is 0 Å². The van der Waals surface area contributed by atoms with Crippen LogP contribution in [0.15, 0.2) is 48.5 Å². The van der Waals surface area contributed by atoms with Crippen LogP contribution in [0.1, 0.15) is 37.3 Å². The highest BCUT2D eigenvalue weighted by molar-refractivity contribution is 5.94. The molecule has 1 aliphatic rings. The first-order valence-corrected chi connectivity index (χ1v) is 11.0. The highest BCUT2D eigenvalue weighted by atomic mass is 19.4. The Morgan fingerprint density at radius 1 is 1.18 bits per heavy atom. The van der Waals surface area contributed by atoms with Gasteiger partial charge in [-0.05, 0) is 43.5 Å². The number of benzene rings is 2. The van der Waals surface area contributed by atoms with Crippen LogP contribution in [0.3, 0.4) is 0 Å². The lowest BCUT2D eigenvalue weighted by Crippen LogP contribution is -2.29. The lowest BCUT2D eigenvalue weighted by Gasteiger charge is -2.18. The summed E-state index contributed by atoms with van der Waals surface area (Å²) in [5.74, 6) is 0.0575. The standard InChI is InChI=1S/C25H27F3N2O3/c1-2-33-21-11-4-3-9-19(21)24-18(8-5-10-20(24)25(26,27)28)13-14-22(31)29-15-7-17-30-16-6-12-23(30)32/h3-5,8-11,13-14H,2,6-7,12,15-17H2,1H3,(H,29,31)/b14-13+. The SMILES string of the molecule is CCOc1ccccc1-c1c(/C=C/C(=O)NCCCN2CCCC2=O)cccc1C(F)(F)F. The minimum atomic E-state index is -4.58. The number of nitrogens with one attached hydrogen (secondary N) is 1. The average molecular weight is 460 g/mol. The molecule has 0 atom stereocenters. The molecule has 176 valence electrons. The van der Waals surface area contributed by atoms with Crippen molar-refractivity contribution >= 4 is 17.9 Å². The van der Waals surface area contributed by atoms with Crippen LogP contribution in [0.5, 0.6) is 5.75 Å². The highest BCUT2D eigenvalue weighted by Gasteiger charge is 2.35. The molecule has 0 radical (unpaired) electrons. The molecule has 0 unspecified atom stereocenters. The van der Waals surface area contributed by atoms with Crippen LogP contribution < -0.4 is 10.1 Å². The average Bonchev–Trinajstić information content (AvgIpc) is 3.19. The zero-order valence-corrected chi connectivity index (χ0v) is 18.5. The molecule has 0 saturated carbocycles. The maximum Gasteiger partial charge on any atom is 0.417 e. The van der Waals surface area contributed by atoms with E-state index in [1.165, 1.54) is 24.3 Å². The first-order valence-electron chi connectivity index (χ1n) is 11.0. The number of para-hydroxylation sites is 1. The fraction of sp³-hybridized carbons (Fsp3) is 0.360. The summed E-state index contributed by atoms with van der Waals surface area (Å²) in [4.78, 5) is 25.6. The van der Waals surface area contributed by atoms with E-state index >= 15 is 0 Å². The van der Waals surface area contributed by atoms with Crippen LogP contribution in [0, 0.1) is 0 Å². The molecule has 2 aromatic carbocycles. The number of halogens is 3. The van der Waals surface area contributed by atoms with Crippen molar-refractivity contribution in [3.63, 3.8) is 0 Å². The molecule has 1 saturated heterocycles. The van der Waals surface area contributed by atoms with Crippen molar-refractivity contribution in [1.29, 1.82) is 0 Å². The van der Waals surface area contributed by atoms with E-state index in [9.17, 15) is 22.8 Å². The molecule has 0 aromatic heterocycles. The van der Waals surface area contributed by atoms with Gasteiger partial charge in [0.1, 0.15) is 5.75 Å². The number of alkyl halides is 3.